The lowest BCUT2D eigenvalue weighted by atomic mass is 10.1. The fraction of sp³-hybridized carbons (Fsp3) is 0.174. The molecule has 0 bridgehead atoms. The number of anilines is 1. The summed E-state index contributed by atoms with van der Waals surface area (Å²) in [5, 5.41) is 11.4. The van der Waals surface area contributed by atoms with Crippen molar-refractivity contribution in [2.75, 3.05) is 11.9 Å². The first-order valence-electron chi connectivity index (χ1n) is 9.17. The molecule has 2 aromatic carbocycles. The van der Waals surface area contributed by atoms with Gasteiger partial charge in [0.2, 0.25) is 0 Å². The van der Waals surface area contributed by atoms with Crippen LogP contribution in [0, 0.1) is 25.2 Å². The zero-order valence-corrected chi connectivity index (χ0v) is 16.3. The van der Waals surface area contributed by atoms with Crippen molar-refractivity contribution in [1.82, 2.24) is 4.57 Å². The Morgan fingerprint density at radius 3 is 2.41 bits per heavy atom. The molecule has 0 fully saturated rings. The van der Waals surface area contributed by atoms with Crippen LogP contribution in [0.25, 0.3) is 5.69 Å². The van der Waals surface area contributed by atoms with Crippen LogP contribution in [0.4, 0.5) is 5.69 Å². The molecule has 0 spiro atoms. The van der Waals surface area contributed by atoms with Crippen LogP contribution in [0.1, 0.15) is 27.3 Å². The van der Waals surface area contributed by atoms with Crippen LogP contribution >= 0.6 is 0 Å². The van der Waals surface area contributed by atoms with Gasteiger partial charge < -0.3 is 14.6 Å². The lowest BCUT2D eigenvalue weighted by molar-refractivity contribution is -0.119. The van der Waals surface area contributed by atoms with E-state index in [1.807, 2.05) is 48.7 Å². The Bertz CT molecular complexity index is 1060. The number of carbonyl (C=O) groups is 2. The molecule has 0 aliphatic rings. The van der Waals surface area contributed by atoms with E-state index in [0.29, 0.717) is 17.7 Å². The second-order valence-electron chi connectivity index (χ2n) is 6.61. The van der Waals surface area contributed by atoms with E-state index in [0.717, 1.165) is 22.6 Å². The molecule has 0 saturated carbocycles. The van der Waals surface area contributed by atoms with Crippen molar-refractivity contribution in [3.8, 4) is 11.8 Å². The lowest BCUT2D eigenvalue weighted by Crippen LogP contribution is -2.21. The quantitative estimate of drug-likeness (QED) is 0.649. The third-order valence-corrected chi connectivity index (χ3v) is 4.52. The number of nitriles is 1. The highest BCUT2D eigenvalue weighted by atomic mass is 16.5. The van der Waals surface area contributed by atoms with Crippen LogP contribution in [0.2, 0.25) is 0 Å². The molecule has 146 valence electrons. The Labute approximate surface area is 169 Å². The molecule has 1 N–H and O–H groups in total. The summed E-state index contributed by atoms with van der Waals surface area (Å²) < 4.78 is 7.17. The van der Waals surface area contributed by atoms with E-state index in [1.165, 1.54) is 0 Å². The van der Waals surface area contributed by atoms with Gasteiger partial charge in [0.15, 0.2) is 6.61 Å². The highest BCUT2D eigenvalue weighted by Crippen LogP contribution is 2.21. The minimum absolute atomic E-state index is 0.313. The van der Waals surface area contributed by atoms with Gasteiger partial charge in [0.1, 0.15) is 0 Å². The third kappa shape index (κ3) is 4.71. The number of nitrogens with zero attached hydrogens (tertiary/aromatic N) is 2. The van der Waals surface area contributed by atoms with Crippen molar-refractivity contribution < 1.29 is 14.3 Å². The summed E-state index contributed by atoms with van der Waals surface area (Å²) in [4.78, 5) is 24.6. The van der Waals surface area contributed by atoms with Gasteiger partial charge in [0.05, 0.1) is 18.1 Å². The average Bonchev–Trinajstić information content (AvgIpc) is 3.02. The molecule has 3 rings (SSSR count). The number of hydrogen-bond donors (Lipinski definition) is 1. The average molecular weight is 387 g/mol. The molecule has 0 radical (unpaired) electrons. The van der Waals surface area contributed by atoms with E-state index in [9.17, 15) is 9.59 Å². The Morgan fingerprint density at radius 1 is 1.07 bits per heavy atom. The second kappa shape index (κ2) is 8.89. The van der Waals surface area contributed by atoms with Crippen molar-refractivity contribution in [2.24, 2.45) is 0 Å². The number of ether oxygens (including phenoxy) is 1. The number of amides is 1. The molecule has 0 aliphatic heterocycles. The number of para-hydroxylation sites is 1. The Kier molecular flexibility index (Phi) is 6.10. The first kappa shape index (κ1) is 19.9. The predicted octanol–water partition coefficient (Wildman–Crippen LogP) is 3.96. The summed E-state index contributed by atoms with van der Waals surface area (Å²) >= 11 is 0. The molecular weight excluding hydrogens is 366 g/mol. The topological polar surface area (TPSA) is 84.1 Å². The molecule has 0 aliphatic carbocycles. The maximum atomic E-state index is 12.5. The van der Waals surface area contributed by atoms with Crippen molar-refractivity contribution in [3.05, 3.63) is 83.2 Å². The number of hydrogen-bond acceptors (Lipinski definition) is 4. The number of rotatable bonds is 6. The Hall–Kier alpha value is -3.85. The van der Waals surface area contributed by atoms with Gasteiger partial charge in [0.25, 0.3) is 5.91 Å². The van der Waals surface area contributed by atoms with Gasteiger partial charge in [-0.3, -0.25) is 4.79 Å². The van der Waals surface area contributed by atoms with Crippen LogP contribution < -0.4 is 5.32 Å². The number of aromatic nitrogens is 1. The smallest absolute Gasteiger partial charge is 0.340 e. The summed E-state index contributed by atoms with van der Waals surface area (Å²) in [7, 11) is 0. The van der Waals surface area contributed by atoms with Crippen LogP contribution in [0.3, 0.4) is 0 Å². The van der Waals surface area contributed by atoms with E-state index >= 15 is 0 Å². The lowest BCUT2D eigenvalue weighted by Gasteiger charge is -2.10. The van der Waals surface area contributed by atoms with Crippen molar-refractivity contribution in [3.63, 3.8) is 0 Å². The minimum Gasteiger partial charge on any atom is -0.452 e. The minimum atomic E-state index is -0.542. The number of aryl methyl sites for hydroxylation is 1. The maximum Gasteiger partial charge on any atom is 0.340 e. The number of esters is 1. The summed E-state index contributed by atoms with van der Waals surface area (Å²) in [5.74, 6) is -0.969. The molecule has 1 aromatic heterocycles. The highest BCUT2D eigenvalue weighted by Gasteiger charge is 2.18. The standard InChI is InChI=1S/C23H21N3O3/c1-16-14-21(17(2)26(16)20-6-4-3-5-7-20)23(28)29-15-22(27)25-19-10-8-18(9-11-19)12-13-24/h3-11,14H,12,15H2,1-2H3,(H,25,27). The molecule has 1 amide bonds. The Morgan fingerprint density at radius 2 is 1.76 bits per heavy atom. The first-order valence-corrected chi connectivity index (χ1v) is 9.17. The second-order valence-corrected chi connectivity index (χ2v) is 6.61. The van der Waals surface area contributed by atoms with Gasteiger partial charge in [-0.05, 0) is 49.7 Å². The van der Waals surface area contributed by atoms with E-state index in [1.54, 1.807) is 30.3 Å². The van der Waals surface area contributed by atoms with Crippen LogP contribution in [0.15, 0.2) is 60.7 Å². The van der Waals surface area contributed by atoms with E-state index in [-0.39, 0.29) is 6.61 Å². The summed E-state index contributed by atoms with van der Waals surface area (Å²) in [5.41, 5.74) is 4.49. The van der Waals surface area contributed by atoms with Gasteiger partial charge in [0, 0.05) is 22.8 Å². The van der Waals surface area contributed by atoms with Crippen LogP contribution in [0.5, 0.6) is 0 Å². The van der Waals surface area contributed by atoms with Crippen LogP contribution in [-0.2, 0) is 16.0 Å². The zero-order valence-electron chi connectivity index (χ0n) is 16.3. The van der Waals surface area contributed by atoms with Gasteiger partial charge in [-0.1, -0.05) is 30.3 Å². The van der Waals surface area contributed by atoms with Gasteiger partial charge >= 0.3 is 5.97 Å². The maximum absolute atomic E-state index is 12.5. The molecule has 0 atom stereocenters. The van der Waals surface area contributed by atoms with Gasteiger partial charge in [-0.2, -0.15) is 5.26 Å². The molecule has 29 heavy (non-hydrogen) atoms. The van der Waals surface area contributed by atoms with E-state index in [4.69, 9.17) is 10.00 Å². The van der Waals surface area contributed by atoms with Crippen molar-refractivity contribution >= 4 is 17.6 Å². The van der Waals surface area contributed by atoms with E-state index in [2.05, 4.69) is 11.4 Å². The summed E-state index contributed by atoms with van der Waals surface area (Å²) in [6, 6.07) is 20.5. The van der Waals surface area contributed by atoms with Crippen molar-refractivity contribution in [1.29, 1.82) is 5.26 Å². The number of benzene rings is 2. The fourth-order valence-electron chi connectivity index (χ4n) is 3.15. The molecule has 3 aromatic rings. The Balaban J connectivity index is 1.62. The molecule has 1 heterocycles. The predicted molar refractivity (Wildman–Crippen MR) is 110 cm³/mol. The molecular formula is C23H21N3O3. The normalized spacial score (nSPS) is 10.2. The molecule has 6 heteroatoms. The number of carbonyl (C=O) groups excluding carboxylic acids is 2. The van der Waals surface area contributed by atoms with E-state index < -0.39 is 11.9 Å². The van der Waals surface area contributed by atoms with Crippen molar-refractivity contribution in [2.45, 2.75) is 20.3 Å². The monoisotopic (exact) mass is 387 g/mol. The third-order valence-electron chi connectivity index (χ3n) is 4.52. The summed E-state index contributed by atoms with van der Waals surface area (Å²) in [6.07, 6.45) is 0.313. The zero-order chi connectivity index (χ0) is 20.8. The molecule has 0 unspecified atom stereocenters. The van der Waals surface area contributed by atoms with Crippen LogP contribution in [-0.4, -0.2) is 23.1 Å². The SMILES string of the molecule is Cc1cc(C(=O)OCC(=O)Nc2ccc(CC#N)cc2)c(C)n1-c1ccccc1. The molecule has 6 nitrogen and oxygen atoms in total. The van der Waals surface area contributed by atoms with Gasteiger partial charge in [-0.25, -0.2) is 4.79 Å². The first-order chi connectivity index (χ1) is 14.0. The molecule has 0 saturated heterocycles. The van der Waals surface area contributed by atoms with Gasteiger partial charge in [-0.15, -0.1) is 0 Å². The highest BCUT2D eigenvalue weighted by molar-refractivity contribution is 5.96. The number of nitrogens with one attached hydrogen (secondary N) is 1. The fourth-order valence-corrected chi connectivity index (χ4v) is 3.15. The largest absolute Gasteiger partial charge is 0.452 e. The summed E-state index contributed by atoms with van der Waals surface area (Å²) in [6.45, 7) is 3.38.